The number of hydrogen-bond donors (Lipinski definition) is 1. The summed E-state index contributed by atoms with van der Waals surface area (Å²) in [4.78, 5) is 11.7. The van der Waals surface area contributed by atoms with E-state index < -0.39 is 6.09 Å². The molecule has 1 N–H and O–H groups in total. The van der Waals surface area contributed by atoms with Crippen molar-refractivity contribution in [2.45, 2.75) is 6.61 Å². The first kappa shape index (κ1) is 13.3. The molecule has 0 aliphatic rings. The lowest BCUT2D eigenvalue weighted by atomic mass is 10.2. The van der Waals surface area contributed by atoms with E-state index in [1.807, 2.05) is 30.3 Å². The molecule has 21 heavy (non-hydrogen) atoms. The number of aromatic nitrogens is 4. The van der Waals surface area contributed by atoms with Gasteiger partial charge in [-0.2, -0.15) is 9.61 Å². The number of rotatable bonds is 3. The number of carbonyl (C=O) groups excluding carboxylic acids is 1. The first-order chi connectivity index (χ1) is 10.2. The van der Waals surface area contributed by atoms with Gasteiger partial charge >= 0.3 is 6.09 Å². The molecule has 2 heterocycles. The van der Waals surface area contributed by atoms with Gasteiger partial charge in [0.05, 0.1) is 0 Å². The summed E-state index contributed by atoms with van der Waals surface area (Å²) in [5.74, 6) is 0.144. The zero-order valence-corrected chi connectivity index (χ0v) is 11.5. The van der Waals surface area contributed by atoms with Crippen LogP contribution in [0.5, 0.6) is 0 Å². The summed E-state index contributed by atoms with van der Waals surface area (Å²) in [5.41, 5.74) is 1.36. The number of benzene rings is 1. The lowest BCUT2D eigenvalue weighted by molar-refractivity contribution is 0.155. The van der Waals surface area contributed by atoms with Gasteiger partial charge in [0.1, 0.15) is 11.8 Å². The molecule has 0 aliphatic carbocycles. The van der Waals surface area contributed by atoms with Crippen molar-refractivity contribution < 1.29 is 9.53 Å². The topological polar surface area (TPSA) is 81.4 Å². The van der Waals surface area contributed by atoms with E-state index >= 15 is 0 Å². The van der Waals surface area contributed by atoms with Crippen LogP contribution in [0.15, 0.2) is 42.5 Å². The second-order valence-corrected chi connectivity index (χ2v) is 4.52. The highest BCUT2D eigenvalue weighted by molar-refractivity contribution is 6.29. The van der Waals surface area contributed by atoms with Crippen LogP contribution >= 0.6 is 11.6 Å². The second kappa shape index (κ2) is 5.76. The maximum atomic E-state index is 11.7. The summed E-state index contributed by atoms with van der Waals surface area (Å²) in [5, 5.41) is 14.4. The fourth-order valence-corrected chi connectivity index (χ4v) is 1.83. The molecule has 0 unspecified atom stereocenters. The lowest BCUT2D eigenvalue weighted by Gasteiger charge is -2.05. The summed E-state index contributed by atoms with van der Waals surface area (Å²) >= 11 is 5.79. The molecule has 0 bridgehead atoms. The normalized spacial score (nSPS) is 10.5. The predicted octanol–water partition coefficient (Wildman–Crippen LogP) is 2.53. The molecular weight excluding hydrogens is 294 g/mol. The van der Waals surface area contributed by atoms with Crippen molar-refractivity contribution in [2.75, 3.05) is 5.32 Å². The highest BCUT2D eigenvalue weighted by atomic mass is 35.5. The van der Waals surface area contributed by atoms with E-state index in [-0.39, 0.29) is 17.7 Å². The van der Waals surface area contributed by atoms with Gasteiger partial charge in [-0.3, -0.25) is 5.32 Å². The first-order valence-corrected chi connectivity index (χ1v) is 6.46. The number of nitrogens with zero attached hydrogens (tertiary/aromatic N) is 4. The number of hydrogen-bond acceptors (Lipinski definition) is 5. The Labute approximate surface area is 124 Å². The third-order valence-electron chi connectivity index (χ3n) is 2.66. The van der Waals surface area contributed by atoms with Crippen LogP contribution in [0.3, 0.4) is 0 Å². The lowest BCUT2D eigenvalue weighted by Crippen LogP contribution is -2.16. The zero-order valence-electron chi connectivity index (χ0n) is 10.7. The Bertz CT molecular complexity index is 775. The van der Waals surface area contributed by atoms with Gasteiger partial charge in [0.15, 0.2) is 5.65 Å². The number of carbonyl (C=O) groups is 1. The molecule has 0 saturated heterocycles. The molecule has 3 rings (SSSR count). The summed E-state index contributed by atoms with van der Waals surface area (Å²) in [6.07, 6.45) is -0.644. The highest BCUT2D eigenvalue weighted by Crippen LogP contribution is 2.10. The number of anilines is 1. The molecule has 3 aromatic rings. The fraction of sp³-hybridized carbons (Fsp3) is 0.0769. The molecular formula is C13H10ClN5O2. The van der Waals surface area contributed by atoms with Crippen molar-refractivity contribution in [3.8, 4) is 0 Å². The average molecular weight is 304 g/mol. The molecule has 0 atom stereocenters. The molecule has 0 radical (unpaired) electrons. The Morgan fingerprint density at radius 1 is 1.19 bits per heavy atom. The van der Waals surface area contributed by atoms with Gasteiger partial charge in [-0.1, -0.05) is 41.9 Å². The standard InChI is InChI=1S/C13H10ClN5O2/c14-10-6-7-11-16-17-12(19(11)18-10)15-13(20)21-8-9-4-2-1-3-5-9/h1-7H,8H2,(H,15,17,20). The molecule has 2 aromatic heterocycles. The molecule has 0 fully saturated rings. The van der Waals surface area contributed by atoms with Crippen LogP contribution in [0.2, 0.25) is 5.15 Å². The number of fused-ring (bicyclic) bond motifs is 1. The number of nitrogens with one attached hydrogen (secondary N) is 1. The fourth-order valence-electron chi connectivity index (χ4n) is 1.69. The van der Waals surface area contributed by atoms with Crippen LogP contribution in [0.1, 0.15) is 5.56 Å². The Balaban J connectivity index is 1.67. The third kappa shape index (κ3) is 3.09. The van der Waals surface area contributed by atoms with E-state index in [9.17, 15) is 4.79 Å². The van der Waals surface area contributed by atoms with Crippen molar-refractivity contribution in [2.24, 2.45) is 0 Å². The van der Waals surface area contributed by atoms with E-state index in [1.165, 1.54) is 4.52 Å². The summed E-state index contributed by atoms with van der Waals surface area (Å²) < 4.78 is 6.41. The predicted molar refractivity (Wildman–Crippen MR) is 76.0 cm³/mol. The van der Waals surface area contributed by atoms with Crippen molar-refractivity contribution >= 4 is 29.3 Å². The third-order valence-corrected chi connectivity index (χ3v) is 2.86. The van der Waals surface area contributed by atoms with Crippen molar-refractivity contribution in [1.29, 1.82) is 0 Å². The highest BCUT2D eigenvalue weighted by Gasteiger charge is 2.11. The van der Waals surface area contributed by atoms with Crippen molar-refractivity contribution in [3.63, 3.8) is 0 Å². The van der Waals surface area contributed by atoms with Gasteiger partial charge < -0.3 is 4.74 Å². The Kier molecular flexibility index (Phi) is 3.65. The summed E-state index contributed by atoms with van der Waals surface area (Å²) in [7, 11) is 0. The summed E-state index contributed by atoms with van der Waals surface area (Å²) in [6.45, 7) is 0.164. The molecule has 106 valence electrons. The van der Waals surface area contributed by atoms with E-state index in [0.717, 1.165) is 5.56 Å². The quantitative estimate of drug-likeness (QED) is 0.804. The summed E-state index contributed by atoms with van der Waals surface area (Å²) in [6, 6.07) is 12.6. The van der Waals surface area contributed by atoms with Gasteiger partial charge in [-0.05, 0) is 17.7 Å². The molecule has 0 aliphatic heterocycles. The van der Waals surface area contributed by atoms with E-state index in [0.29, 0.717) is 5.65 Å². The van der Waals surface area contributed by atoms with Gasteiger partial charge in [0, 0.05) is 0 Å². The van der Waals surface area contributed by atoms with Gasteiger partial charge in [0.25, 0.3) is 5.95 Å². The molecule has 8 heteroatoms. The Hall–Kier alpha value is -2.67. The minimum atomic E-state index is -0.644. The monoisotopic (exact) mass is 303 g/mol. The van der Waals surface area contributed by atoms with Crippen LogP contribution in [-0.2, 0) is 11.3 Å². The smallest absolute Gasteiger partial charge is 0.414 e. The maximum absolute atomic E-state index is 11.7. The molecule has 7 nitrogen and oxygen atoms in total. The van der Waals surface area contributed by atoms with Gasteiger partial charge in [-0.25, -0.2) is 4.79 Å². The maximum Gasteiger partial charge on any atom is 0.414 e. The van der Waals surface area contributed by atoms with Crippen LogP contribution < -0.4 is 5.32 Å². The molecule has 0 spiro atoms. The van der Waals surface area contributed by atoms with Crippen LogP contribution in [-0.4, -0.2) is 25.9 Å². The van der Waals surface area contributed by atoms with E-state index in [1.54, 1.807) is 12.1 Å². The zero-order chi connectivity index (χ0) is 14.7. The number of halogens is 1. The average Bonchev–Trinajstić information content (AvgIpc) is 2.88. The number of amides is 1. The van der Waals surface area contributed by atoms with E-state index in [2.05, 4.69) is 20.6 Å². The molecule has 1 amide bonds. The van der Waals surface area contributed by atoms with Gasteiger partial charge in [0.2, 0.25) is 0 Å². The Morgan fingerprint density at radius 2 is 2.00 bits per heavy atom. The first-order valence-electron chi connectivity index (χ1n) is 6.08. The van der Waals surface area contributed by atoms with E-state index in [4.69, 9.17) is 16.3 Å². The second-order valence-electron chi connectivity index (χ2n) is 4.14. The number of ether oxygens (including phenoxy) is 1. The SMILES string of the molecule is O=C(Nc1nnc2ccc(Cl)nn12)OCc1ccccc1. The van der Waals surface area contributed by atoms with Crippen LogP contribution in [0.4, 0.5) is 10.7 Å². The molecule has 0 saturated carbocycles. The Morgan fingerprint density at radius 3 is 2.81 bits per heavy atom. The van der Waals surface area contributed by atoms with Gasteiger partial charge in [-0.15, -0.1) is 10.2 Å². The van der Waals surface area contributed by atoms with Crippen molar-refractivity contribution in [3.05, 3.63) is 53.2 Å². The largest absolute Gasteiger partial charge is 0.444 e. The van der Waals surface area contributed by atoms with Crippen molar-refractivity contribution in [1.82, 2.24) is 19.8 Å². The van der Waals surface area contributed by atoms with Crippen LogP contribution in [0, 0.1) is 0 Å². The molecule has 1 aromatic carbocycles. The minimum absolute atomic E-state index is 0.144. The minimum Gasteiger partial charge on any atom is -0.444 e. The van der Waals surface area contributed by atoms with Crippen LogP contribution in [0.25, 0.3) is 5.65 Å².